The van der Waals surface area contributed by atoms with Gasteiger partial charge in [-0.15, -0.1) is 0 Å². The number of aromatic nitrogens is 2. The molecule has 0 fully saturated rings. The molecule has 1 aliphatic rings. The highest BCUT2D eigenvalue weighted by Gasteiger charge is 2.34. The van der Waals surface area contributed by atoms with Gasteiger partial charge in [0.05, 0.1) is 23.0 Å². The minimum absolute atomic E-state index is 0.118. The molecule has 1 aromatic carbocycles. The van der Waals surface area contributed by atoms with E-state index in [1.165, 1.54) is 5.56 Å². The second-order valence-electron chi connectivity index (χ2n) is 7.41. The maximum atomic E-state index is 12.8. The molecule has 6 heteroatoms. The lowest BCUT2D eigenvalue weighted by atomic mass is 9.90. The summed E-state index contributed by atoms with van der Waals surface area (Å²) < 4.78 is 7.40. The lowest BCUT2D eigenvalue weighted by Gasteiger charge is -2.38. The molecular formula is C19H24ClN3O2. The van der Waals surface area contributed by atoms with Crippen LogP contribution in [-0.2, 0) is 24.6 Å². The second kappa shape index (κ2) is 6.71. The van der Waals surface area contributed by atoms with Crippen LogP contribution in [0.3, 0.4) is 0 Å². The van der Waals surface area contributed by atoms with Crippen molar-refractivity contribution in [2.24, 2.45) is 7.05 Å². The number of amides is 1. The molecule has 0 aliphatic carbocycles. The molecule has 0 N–H and O–H groups in total. The van der Waals surface area contributed by atoms with Crippen molar-refractivity contribution in [2.45, 2.75) is 45.3 Å². The molecule has 3 rings (SSSR count). The maximum Gasteiger partial charge on any atom is 0.410 e. The van der Waals surface area contributed by atoms with Crippen molar-refractivity contribution in [1.29, 1.82) is 0 Å². The van der Waals surface area contributed by atoms with Gasteiger partial charge in [-0.05, 0) is 38.3 Å². The number of hydrogen-bond donors (Lipinski definition) is 0. The molecule has 1 aliphatic heterocycles. The average Bonchev–Trinajstić information content (AvgIpc) is 2.85. The number of nitrogens with zero attached hydrogens (tertiary/aromatic N) is 3. The molecule has 0 spiro atoms. The number of halogens is 1. The summed E-state index contributed by atoms with van der Waals surface area (Å²) in [7, 11) is 1.87. The van der Waals surface area contributed by atoms with Crippen molar-refractivity contribution >= 4 is 17.7 Å². The zero-order valence-corrected chi connectivity index (χ0v) is 15.9. The molecule has 0 radical (unpaired) electrons. The fraction of sp³-hybridized carbons (Fsp3) is 0.474. The summed E-state index contributed by atoms with van der Waals surface area (Å²) >= 11 is 6.31. The number of benzene rings is 1. The van der Waals surface area contributed by atoms with Gasteiger partial charge in [-0.3, -0.25) is 4.68 Å². The van der Waals surface area contributed by atoms with E-state index < -0.39 is 5.60 Å². The van der Waals surface area contributed by atoms with Crippen molar-refractivity contribution in [3.8, 4) is 0 Å². The molecule has 1 unspecified atom stereocenters. The van der Waals surface area contributed by atoms with Crippen molar-refractivity contribution in [3.05, 3.63) is 52.3 Å². The highest BCUT2D eigenvalue weighted by Crippen LogP contribution is 2.34. The summed E-state index contributed by atoms with van der Waals surface area (Å²) in [5, 5.41) is 4.84. The first-order chi connectivity index (χ1) is 11.8. The summed E-state index contributed by atoms with van der Waals surface area (Å²) in [4.78, 5) is 14.6. The van der Waals surface area contributed by atoms with Crippen molar-refractivity contribution < 1.29 is 9.53 Å². The van der Waals surface area contributed by atoms with Gasteiger partial charge in [0.1, 0.15) is 5.60 Å². The summed E-state index contributed by atoms with van der Waals surface area (Å²) in [6.07, 6.45) is 2.78. The topological polar surface area (TPSA) is 47.4 Å². The zero-order valence-electron chi connectivity index (χ0n) is 15.1. The predicted molar refractivity (Wildman–Crippen MR) is 97.7 cm³/mol. The summed E-state index contributed by atoms with van der Waals surface area (Å²) in [5.41, 5.74) is 2.81. The number of hydrogen-bond acceptors (Lipinski definition) is 3. The van der Waals surface area contributed by atoms with Crippen LogP contribution in [0, 0.1) is 0 Å². The monoisotopic (exact) mass is 361 g/mol. The average molecular weight is 362 g/mol. The molecule has 0 bridgehead atoms. The summed E-state index contributed by atoms with van der Waals surface area (Å²) in [6, 6.07) is 8.14. The normalized spacial score (nSPS) is 17.3. The molecule has 2 heterocycles. The van der Waals surface area contributed by atoms with Gasteiger partial charge in [-0.1, -0.05) is 35.9 Å². The van der Waals surface area contributed by atoms with E-state index in [0.29, 0.717) is 18.0 Å². The molecule has 5 nitrogen and oxygen atoms in total. The van der Waals surface area contributed by atoms with Gasteiger partial charge in [-0.25, -0.2) is 4.79 Å². The number of fused-ring (bicyclic) bond motifs is 1. The van der Waals surface area contributed by atoms with Crippen molar-refractivity contribution in [1.82, 2.24) is 14.7 Å². The highest BCUT2D eigenvalue weighted by molar-refractivity contribution is 6.31. The first-order valence-electron chi connectivity index (χ1n) is 8.50. The Kier molecular flexibility index (Phi) is 4.78. The SMILES string of the molecule is Cn1ncc(Cl)c1CC1c2ccccc2CCN1C(=O)OC(C)(C)C. The molecule has 2 aromatic rings. The number of ether oxygens (including phenoxy) is 1. The first kappa shape index (κ1) is 17.8. The third-order valence-corrected chi connectivity index (χ3v) is 4.75. The fourth-order valence-electron chi connectivity index (χ4n) is 3.26. The fourth-order valence-corrected chi connectivity index (χ4v) is 3.50. The van der Waals surface area contributed by atoms with Crippen LogP contribution in [0.5, 0.6) is 0 Å². The van der Waals surface area contributed by atoms with Gasteiger partial charge >= 0.3 is 6.09 Å². The van der Waals surface area contributed by atoms with E-state index in [4.69, 9.17) is 16.3 Å². The number of carbonyl (C=O) groups excluding carboxylic acids is 1. The Morgan fingerprint density at radius 1 is 1.36 bits per heavy atom. The van der Waals surface area contributed by atoms with Gasteiger partial charge in [0.25, 0.3) is 0 Å². The van der Waals surface area contributed by atoms with E-state index in [1.54, 1.807) is 10.9 Å². The molecule has 1 atom stereocenters. The van der Waals surface area contributed by atoms with Crippen LogP contribution < -0.4 is 0 Å². The van der Waals surface area contributed by atoms with Crippen LogP contribution in [0.15, 0.2) is 30.5 Å². The Balaban J connectivity index is 1.96. The van der Waals surface area contributed by atoms with Crippen LogP contribution in [0.1, 0.15) is 43.6 Å². The minimum atomic E-state index is -0.525. The Labute approximate surface area is 153 Å². The lowest BCUT2D eigenvalue weighted by Crippen LogP contribution is -2.44. The number of aryl methyl sites for hydroxylation is 1. The third kappa shape index (κ3) is 3.82. The summed E-state index contributed by atoms with van der Waals surface area (Å²) in [5.74, 6) is 0. The first-order valence-corrected chi connectivity index (χ1v) is 8.88. The van der Waals surface area contributed by atoms with E-state index in [2.05, 4.69) is 17.2 Å². The van der Waals surface area contributed by atoms with Gasteiger partial charge in [0.2, 0.25) is 0 Å². The second-order valence-corrected chi connectivity index (χ2v) is 7.81. The third-order valence-electron chi connectivity index (χ3n) is 4.44. The minimum Gasteiger partial charge on any atom is -0.444 e. The van der Waals surface area contributed by atoms with E-state index in [0.717, 1.165) is 17.7 Å². The van der Waals surface area contributed by atoms with Crippen molar-refractivity contribution in [2.75, 3.05) is 6.54 Å². The Hall–Kier alpha value is -2.01. The Bertz CT molecular complexity index is 760. The zero-order chi connectivity index (χ0) is 18.2. The number of carbonyl (C=O) groups is 1. The molecule has 1 amide bonds. The van der Waals surface area contributed by atoms with Crippen LogP contribution >= 0.6 is 11.6 Å². The quantitative estimate of drug-likeness (QED) is 0.807. The van der Waals surface area contributed by atoms with E-state index in [-0.39, 0.29) is 12.1 Å². The molecule has 0 saturated carbocycles. The maximum absolute atomic E-state index is 12.8. The van der Waals surface area contributed by atoms with E-state index in [1.807, 2.05) is 44.9 Å². The number of rotatable bonds is 2. The Morgan fingerprint density at radius 2 is 2.08 bits per heavy atom. The standard InChI is InChI=1S/C19H24ClN3O2/c1-19(2,3)25-18(24)23-10-9-13-7-5-6-8-14(13)16(23)11-17-15(20)12-21-22(17)4/h5-8,12,16H,9-11H2,1-4H3. The van der Waals surface area contributed by atoms with Crippen LogP contribution in [0.25, 0.3) is 0 Å². The molecule has 0 saturated heterocycles. The van der Waals surface area contributed by atoms with Gasteiger partial charge in [0.15, 0.2) is 0 Å². The highest BCUT2D eigenvalue weighted by atomic mass is 35.5. The largest absolute Gasteiger partial charge is 0.444 e. The van der Waals surface area contributed by atoms with Crippen LogP contribution in [0.4, 0.5) is 4.79 Å². The van der Waals surface area contributed by atoms with Gasteiger partial charge in [0, 0.05) is 20.0 Å². The summed E-state index contributed by atoms with van der Waals surface area (Å²) in [6.45, 7) is 6.29. The lowest BCUT2D eigenvalue weighted by molar-refractivity contribution is 0.0140. The van der Waals surface area contributed by atoms with Crippen LogP contribution in [0.2, 0.25) is 5.02 Å². The van der Waals surface area contributed by atoms with Gasteiger partial charge < -0.3 is 9.64 Å². The van der Waals surface area contributed by atoms with E-state index >= 15 is 0 Å². The van der Waals surface area contributed by atoms with Gasteiger partial charge in [-0.2, -0.15) is 5.10 Å². The van der Waals surface area contributed by atoms with Crippen molar-refractivity contribution in [3.63, 3.8) is 0 Å². The molecule has 25 heavy (non-hydrogen) atoms. The smallest absolute Gasteiger partial charge is 0.410 e. The Morgan fingerprint density at radius 3 is 2.72 bits per heavy atom. The molecule has 1 aromatic heterocycles. The molecular weight excluding hydrogens is 338 g/mol. The predicted octanol–water partition coefficient (Wildman–Crippen LogP) is 4.15. The van der Waals surface area contributed by atoms with E-state index in [9.17, 15) is 4.79 Å². The van der Waals surface area contributed by atoms with Crippen LogP contribution in [-0.4, -0.2) is 32.9 Å². The molecule has 134 valence electrons.